The van der Waals surface area contributed by atoms with E-state index in [1.54, 1.807) is 19.4 Å². The quantitative estimate of drug-likeness (QED) is 0.597. The molecule has 35 heavy (non-hydrogen) atoms. The number of aliphatic hydroxyl groups excluding tert-OH is 1. The smallest absolute Gasteiger partial charge is 0.323 e. The van der Waals surface area contributed by atoms with Gasteiger partial charge in [0, 0.05) is 44.7 Å². The van der Waals surface area contributed by atoms with Crippen molar-refractivity contribution < 1.29 is 14.1 Å². The lowest BCUT2D eigenvalue weighted by Gasteiger charge is -2.48. The molecule has 2 aromatic heterocycles. The fourth-order valence-corrected chi connectivity index (χ4v) is 6.10. The molecule has 2 N–H and O–H groups in total. The van der Waals surface area contributed by atoms with E-state index in [0.717, 1.165) is 12.0 Å². The number of nitrogens with zero attached hydrogens (tertiary/aromatic N) is 6. The zero-order chi connectivity index (χ0) is 24.6. The summed E-state index contributed by atoms with van der Waals surface area (Å²) in [6, 6.07) is -0.372. The summed E-state index contributed by atoms with van der Waals surface area (Å²) in [4.78, 5) is 35.4. The van der Waals surface area contributed by atoms with E-state index in [4.69, 9.17) is 16.4 Å². The van der Waals surface area contributed by atoms with Gasteiger partial charge in [-0.15, -0.1) is 6.42 Å². The first-order valence-electron chi connectivity index (χ1n) is 11.6. The van der Waals surface area contributed by atoms with Crippen molar-refractivity contribution in [3.05, 3.63) is 35.6 Å². The molecule has 3 aliphatic rings. The van der Waals surface area contributed by atoms with Gasteiger partial charge >= 0.3 is 6.03 Å². The molecule has 10 nitrogen and oxygen atoms in total. The number of anilines is 2. The standard InChI is InChI=1S/C24H27N7O3S/c1-3-16-13-26-20(27-14-16)17-5-10-30(11-6-17)22-28-18-7-12-35(34)19(18)21(29-22)31(23(33)25-2)24(15-32)8-4-9-24/h1,5,13-14,32H,4,6-12,15H2,2H3,(H,25,33)/t35-/m1/s1. The van der Waals surface area contributed by atoms with E-state index in [9.17, 15) is 14.1 Å². The van der Waals surface area contributed by atoms with Crippen LogP contribution in [0.3, 0.4) is 0 Å². The van der Waals surface area contributed by atoms with E-state index in [0.29, 0.717) is 78.3 Å². The summed E-state index contributed by atoms with van der Waals surface area (Å²) in [5, 5.41) is 12.9. The normalized spacial score (nSPS) is 20.3. The summed E-state index contributed by atoms with van der Waals surface area (Å²) in [6.45, 7) is 0.996. The van der Waals surface area contributed by atoms with Crippen molar-refractivity contribution in [1.29, 1.82) is 0 Å². The Labute approximate surface area is 206 Å². The summed E-state index contributed by atoms with van der Waals surface area (Å²) in [7, 11) is 0.250. The van der Waals surface area contributed by atoms with Gasteiger partial charge in [-0.3, -0.25) is 9.11 Å². The molecule has 2 amide bonds. The van der Waals surface area contributed by atoms with Crippen molar-refractivity contribution >= 4 is 34.2 Å². The van der Waals surface area contributed by atoms with Crippen LogP contribution in [-0.4, -0.2) is 73.3 Å². The van der Waals surface area contributed by atoms with E-state index in [1.807, 2.05) is 11.0 Å². The van der Waals surface area contributed by atoms with Crippen molar-refractivity contribution in [2.45, 2.75) is 42.5 Å². The molecule has 0 aromatic carbocycles. The molecule has 0 unspecified atom stereocenters. The molecular weight excluding hydrogens is 466 g/mol. The number of rotatable bonds is 5. The predicted molar refractivity (Wildman–Crippen MR) is 132 cm³/mol. The fourth-order valence-electron chi connectivity index (χ4n) is 4.77. The number of terminal acetylenes is 1. The van der Waals surface area contributed by atoms with Crippen LogP contribution < -0.4 is 15.1 Å². The SMILES string of the molecule is C#Cc1cnc(C2=CCN(c3nc4c(c(N(C(=O)NC)C5(CO)CCC5)n3)[S@](=O)CC4)CC2)nc1. The maximum atomic E-state index is 13.0. The molecule has 5 rings (SSSR count). The molecule has 2 aliphatic heterocycles. The highest BCUT2D eigenvalue weighted by atomic mass is 32.2. The molecule has 0 radical (unpaired) electrons. The number of hydrogen-bond acceptors (Lipinski definition) is 8. The van der Waals surface area contributed by atoms with Crippen molar-refractivity contribution in [3.8, 4) is 12.3 Å². The molecule has 1 atom stereocenters. The Morgan fingerprint density at radius 2 is 2.09 bits per heavy atom. The molecule has 0 saturated heterocycles. The second-order valence-corrected chi connectivity index (χ2v) is 10.4. The number of aromatic nitrogens is 4. The second kappa shape index (κ2) is 9.36. The average molecular weight is 494 g/mol. The third kappa shape index (κ3) is 4.06. The monoisotopic (exact) mass is 493 g/mol. The fraction of sp³-hybridized carbons (Fsp3) is 0.458. The van der Waals surface area contributed by atoms with Gasteiger partial charge in [0.1, 0.15) is 4.90 Å². The van der Waals surface area contributed by atoms with E-state index < -0.39 is 16.3 Å². The summed E-state index contributed by atoms with van der Waals surface area (Å²) < 4.78 is 12.9. The van der Waals surface area contributed by atoms with Crippen molar-refractivity contribution in [2.75, 3.05) is 42.3 Å². The number of aryl methyl sites for hydroxylation is 1. The number of fused-ring (bicyclic) bond motifs is 1. The lowest BCUT2D eigenvalue weighted by atomic mass is 9.76. The number of aliphatic hydroxyl groups is 1. The highest BCUT2D eigenvalue weighted by molar-refractivity contribution is 7.85. The van der Waals surface area contributed by atoms with Crippen LogP contribution in [0.2, 0.25) is 0 Å². The molecule has 1 aliphatic carbocycles. The number of hydrogen-bond donors (Lipinski definition) is 2. The number of amides is 2. The zero-order valence-corrected chi connectivity index (χ0v) is 20.3. The minimum absolute atomic E-state index is 0.185. The highest BCUT2D eigenvalue weighted by Crippen LogP contribution is 2.43. The minimum atomic E-state index is -1.30. The molecule has 11 heteroatoms. The van der Waals surface area contributed by atoms with Crippen LogP contribution in [0.25, 0.3) is 5.57 Å². The Balaban J connectivity index is 1.50. The summed E-state index contributed by atoms with van der Waals surface area (Å²) >= 11 is 0. The molecule has 0 spiro atoms. The van der Waals surface area contributed by atoms with E-state index >= 15 is 0 Å². The number of carbonyl (C=O) groups is 1. The Kier molecular flexibility index (Phi) is 6.25. The molecule has 4 heterocycles. The van der Waals surface area contributed by atoms with Gasteiger partial charge in [0.15, 0.2) is 11.6 Å². The number of urea groups is 1. The number of carbonyl (C=O) groups excluding carboxylic acids is 1. The molecule has 0 bridgehead atoms. The van der Waals surface area contributed by atoms with E-state index in [-0.39, 0.29) is 12.6 Å². The van der Waals surface area contributed by atoms with Gasteiger partial charge in [0.25, 0.3) is 0 Å². The van der Waals surface area contributed by atoms with Crippen molar-refractivity contribution in [2.24, 2.45) is 0 Å². The lowest BCUT2D eigenvalue weighted by Crippen LogP contribution is -2.61. The van der Waals surface area contributed by atoms with Gasteiger partial charge in [-0.1, -0.05) is 12.0 Å². The van der Waals surface area contributed by atoms with Crippen molar-refractivity contribution in [1.82, 2.24) is 25.3 Å². The van der Waals surface area contributed by atoms with Gasteiger partial charge in [0.05, 0.1) is 34.2 Å². The maximum Gasteiger partial charge on any atom is 0.323 e. The Morgan fingerprint density at radius 1 is 1.31 bits per heavy atom. The Hall–Kier alpha value is -3.36. The first-order chi connectivity index (χ1) is 17.0. The molecule has 2 aromatic rings. The van der Waals surface area contributed by atoms with Crippen molar-refractivity contribution in [3.63, 3.8) is 0 Å². The number of nitrogens with one attached hydrogen (secondary N) is 1. The molecule has 182 valence electrons. The maximum absolute atomic E-state index is 13.0. The minimum Gasteiger partial charge on any atom is -0.394 e. The molecule has 1 saturated carbocycles. The largest absolute Gasteiger partial charge is 0.394 e. The zero-order valence-electron chi connectivity index (χ0n) is 19.5. The first-order valence-corrected chi connectivity index (χ1v) is 13.0. The van der Waals surface area contributed by atoms with Crippen LogP contribution in [0, 0.1) is 12.3 Å². The molecular formula is C24H27N7O3S. The van der Waals surface area contributed by atoms with Crippen LogP contribution >= 0.6 is 0 Å². The highest BCUT2D eigenvalue weighted by Gasteiger charge is 2.48. The molecule has 1 fully saturated rings. The van der Waals surface area contributed by atoms with Gasteiger partial charge in [0.2, 0.25) is 5.95 Å². The van der Waals surface area contributed by atoms with Crippen LogP contribution in [-0.2, 0) is 17.2 Å². The topological polar surface area (TPSA) is 124 Å². The average Bonchev–Trinajstić information content (AvgIpc) is 3.26. The third-order valence-electron chi connectivity index (χ3n) is 6.94. The summed E-state index contributed by atoms with van der Waals surface area (Å²) in [5.74, 6) is 4.44. The van der Waals surface area contributed by atoms with Crippen LogP contribution in [0.1, 0.15) is 42.8 Å². The Morgan fingerprint density at radius 3 is 2.66 bits per heavy atom. The van der Waals surface area contributed by atoms with E-state index in [2.05, 4.69) is 21.2 Å². The Bertz CT molecular complexity index is 1250. The van der Waals surface area contributed by atoms with Gasteiger partial charge < -0.3 is 15.3 Å². The van der Waals surface area contributed by atoms with Gasteiger partial charge in [-0.2, -0.15) is 4.98 Å². The predicted octanol–water partition coefficient (Wildman–Crippen LogP) is 1.27. The summed E-state index contributed by atoms with van der Waals surface area (Å²) in [6.07, 6.45) is 14.2. The van der Waals surface area contributed by atoms with Crippen LogP contribution in [0.5, 0.6) is 0 Å². The first kappa shape index (κ1) is 23.4. The van der Waals surface area contributed by atoms with Gasteiger partial charge in [-0.05, 0) is 31.3 Å². The third-order valence-corrected chi connectivity index (χ3v) is 8.39. The van der Waals surface area contributed by atoms with Gasteiger partial charge in [-0.25, -0.2) is 19.7 Å². The summed E-state index contributed by atoms with van der Waals surface area (Å²) in [5.41, 5.74) is 1.61. The van der Waals surface area contributed by atoms with E-state index in [1.165, 1.54) is 4.90 Å². The second-order valence-electron chi connectivity index (χ2n) is 8.91. The lowest BCUT2D eigenvalue weighted by molar-refractivity contribution is 0.118. The van der Waals surface area contributed by atoms with Crippen LogP contribution in [0.4, 0.5) is 16.6 Å². The van der Waals surface area contributed by atoms with Crippen LogP contribution in [0.15, 0.2) is 23.4 Å².